The molecular weight excluding hydrogens is 397 g/mol. The molecule has 0 aliphatic carbocycles. The average molecular weight is 416 g/mol. The molecule has 4 rings (SSSR count). The van der Waals surface area contributed by atoms with Crippen LogP contribution in [0, 0.1) is 31.3 Å². The Balaban J connectivity index is 1.61. The Bertz CT molecular complexity index is 1140. The van der Waals surface area contributed by atoms with Gasteiger partial charge in [-0.15, -0.1) is 0 Å². The summed E-state index contributed by atoms with van der Waals surface area (Å²) in [4.78, 5) is 21.2. The van der Waals surface area contributed by atoms with E-state index in [0.29, 0.717) is 11.4 Å². The molecule has 0 bridgehead atoms. The molecule has 6 nitrogen and oxygen atoms in total. The van der Waals surface area contributed by atoms with Crippen LogP contribution < -0.4 is 5.32 Å². The zero-order chi connectivity index (χ0) is 21.6. The van der Waals surface area contributed by atoms with Crippen LogP contribution >= 0.6 is 0 Å². The SMILES string of the molecule is Cc1ccc(Nc2c(C(=O)N3CC(O)(c4ncc(C)[nH]4)C3)ccc(F)c2F)c(F)c1. The summed E-state index contributed by atoms with van der Waals surface area (Å²) >= 11 is 0. The van der Waals surface area contributed by atoms with Gasteiger partial charge in [0, 0.05) is 11.9 Å². The lowest BCUT2D eigenvalue weighted by atomic mass is 9.92. The molecule has 2 heterocycles. The second kappa shape index (κ2) is 7.17. The number of nitrogens with one attached hydrogen (secondary N) is 2. The summed E-state index contributed by atoms with van der Waals surface area (Å²) in [6.07, 6.45) is 1.56. The Morgan fingerprint density at radius 1 is 1.17 bits per heavy atom. The molecule has 1 fully saturated rings. The highest BCUT2D eigenvalue weighted by molar-refractivity contribution is 6.01. The van der Waals surface area contributed by atoms with Gasteiger partial charge in [-0.2, -0.15) is 0 Å². The molecule has 0 unspecified atom stereocenters. The number of carbonyl (C=O) groups is 1. The third kappa shape index (κ3) is 3.41. The number of aryl methyl sites for hydroxylation is 2. The summed E-state index contributed by atoms with van der Waals surface area (Å²) in [5.74, 6) is -3.43. The predicted molar refractivity (Wildman–Crippen MR) is 104 cm³/mol. The van der Waals surface area contributed by atoms with Crippen LogP contribution in [0.25, 0.3) is 0 Å². The summed E-state index contributed by atoms with van der Waals surface area (Å²) < 4.78 is 42.6. The molecule has 0 saturated carbocycles. The number of β-amino-alcohol motifs (C(OH)–C–C–N with tert-alkyl or cyclic N) is 1. The first-order chi connectivity index (χ1) is 14.2. The average Bonchev–Trinajstić information content (AvgIpc) is 3.11. The summed E-state index contributed by atoms with van der Waals surface area (Å²) in [6.45, 7) is 3.33. The summed E-state index contributed by atoms with van der Waals surface area (Å²) in [5, 5.41) is 13.1. The number of halogens is 3. The molecule has 1 aromatic heterocycles. The van der Waals surface area contributed by atoms with Gasteiger partial charge in [-0.1, -0.05) is 6.07 Å². The molecule has 30 heavy (non-hydrogen) atoms. The molecule has 9 heteroatoms. The number of nitrogens with zero attached hydrogens (tertiary/aromatic N) is 2. The maximum Gasteiger partial charge on any atom is 0.256 e. The van der Waals surface area contributed by atoms with Crippen molar-refractivity contribution in [2.75, 3.05) is 18.4 Å². The number of carbonyl (C=O) groups excluding carboxylic acids is 1. The van der Waals surface area contributed by atoms with Gasteiger partial charge in [0.05, 0.1) is 30.0 Å². The van der Waals surface area contributed by atoms with Gasteiger partial charge in [0.2, 0.25) is 0 Å². The zero-order valence-electron chi connectivity index (χ0n) is 16.3. The van der Waals surface area contributed by atoms with Gasteiger partial charge in [-0.3, -0.25) is 4.79 Å². The molecule has 1 saturated heterocycles. The normalized spacial score (nSPS) is 15.1. The number of aromatic amines is 1. The van der Waals surface area contributed by atoms with E-state index in [-0.39, 0.29) is 24.3 Å². The molecular formula is C21H19F3N4O2. The van der Waals surface area contributed by atoms with Crippen molar-refractivity contribution in [1.82, 2.24) is 14.9 Å². The Morgan fingerprint density at radius 2 is 1.90 bits per heavy atom. The smallest absolute Gasteiger partial charge is 0.256 e. The van der Waals surface area contributed by atoms with Crippen molar-refractivity contribution in [2.24, 2.45) is 0 Å². The first-order valence-corrected chi connectivity index (χ1v) is 9.23. The number of anilines is 2. The van der Waals surface area contributed by atoms with E-state index < -0.39 is 34.6 Å². The predicted octanol–water partition coefficient (Wildman–Crippen LogP) is 3.53. The van der Waals surface area contributed by atoms with E-state index in [0.717, 1.165) is 17.8 Å². The van der Waals surface area contributed by atoms with E-state index in [1.165, 1.54) is 17.0 Å². The Kier molecular flexibility index (Phi) is 4.77. The van der Waals surface area contributed by atoms with Crippen LogP contribution in [0.4, 0.5) is 24.5 Å². The molecule has 0 spiro atoms. The first kappa shape index (κ1) is 20.0. The van der Waals surface area contributed by atoms with Crippen LogP contribution in [-0.2, 0) is 5.60 Å². The van der Waals surface area contributed by atoms with Crippen LogP contribution in [0.5, 0.6) is 0 Å². The number of hydrogen-bond donors (Lipinski definition) is 3. The molecule has 2 aromatic carbocycles. The van der Waals surface area contributed by atoms with Gasteiger partial charge in [-0.05, 0) is 43.7 Å². The zero-order valence-corrected chi connectivity index (χ0v) is 16.3. The van der Waals surface area contributed by atoms with E-state index >= 15 is 0 Å². The van der Waals surface area contributed by atoms with E-state index in [2.05, 4.69) is 15.3 Å². The fraction of sp³-hybridized carbons (Fsp3) is 0.238. The quantitative estimate of drug-likeness (QED) is 0.608. The molecule has 3 aromatic rings. The monoisotopic (exact) mass is 416 g/mol. The van der Waals surface area contributed by atoms with Gasteiger partial charge in [0.25, 0.3) is 5.91 Å². The summed E-state index contributed by atoms with van der Waals surface area (Å²) in [7, 11) is 0. The minimum Gasteiger partial charge on any atom is -0.378 e. The van der Waals surface area contributed by atoms with Crippen LogP contribution in [0.2, 0.25) is 0 Å². The number of amides is 1. The Hall–Kier alpha value is -3.33. The molecule has 3 N–H and O–H groups in total. The lowest BCUT2D eigenvalue weighted by Gasteiger charge is -2.45. The van der Waals surface area contributed by atoms with Crippen molar-refractivity contribution in [2.45, 2.75) is 19.4 Å². The fourth-order valence-electron chi connectivity index (χ4n) is 3.41. The number of likely N-dealkylation sites (tertiary alicyclic amines) is 1. The lowest BCUT2D eigenvalue weighted by molar-refractivity contribution is -0.0918. The van der Waals surface area contributed by atoms with Crippen LogP contribution in [0.3, 0.4) is 0 Å². The maximum absolute atomic E-state index is 14.5. The summed E-state index contributed by atoms with van der Waals surface area (Å²) in [6, 6.07) is 6.18. The lowest BCUT2D eigenvalue weighted by Crippen LogP contribution is -2.61. The molecule has 1 aliphatic rings. The third-order valence-electron chi connectivity index (χ3n) is 5.05. The highest BCUT2D eigenvalue weighted by atomic mass is 19.2. The van der Waals surface area contributed by atoms with E-state index in [1.807, 2.05) is 0 Å². The van der Waals surface area contributed by atoms with Crippen LogP contribution in [0.1, 0.15) is 27.4 Å². The largest absolute Gasteiger partial charge is 0.378 e. The number of H-pyrrole nitrogens is 1. The maximum atomic E-state index is 14.5. The van der Waals surface area contributed by atoms with Crippen molar-refractivity contribution in [3.8, 4) is 0 Å². The van der Waals surface area contributed by atoms with Crippen molar-refractivity contribution in [3.63, 3.8) is 0 Å². The third-order valence-corrected chi connectivity index (χ3v) is 5.05. The van der Waals surface area contributed by atoms with Crippen molar-refractivity contribution in [3.05, 3.63) is 76.6 Å². The van der Waals surface area contributed by atoms with Crippen LogP contribution in [0.15, 0.2) is 36.5 Å². The van der Waals surface area contributed by atoms with Gasteiger partial charge in [0.15, 0.2) is 17.2 Å². The molecule has 156 valence electrons. The number of imidazole rings is 1. The van der Waals surface area contributed by atoms with Crippen molar-refractivity contribution < 1.29 is 23.1 Å². The highest BCUT2D eigenvalue weighted by Crippen LogP contribution is 2.34. The molecule has 1 amide bonds. The van der Waals surface area contributed by atoms with Gasteiger partial charge in [-0.25, -0.2) is 18.2 Å². The Morgan fingerprint density at radius 3 is 2.53 bits per heavy atom. The van der Waals surface area contributed by atoms with E-state index in [1.54, 1.807) is 26.1 Å². The molecule has 0 radical (unpaired) electrons. The number of benzene rings is 2. The standard InChI is InChI=1S/C21H19F3N4O2/c1-11-3-6-16(15(23)7-11)27-18-13(4-5-14(22)17(18)24)19(29)28-9-21(30,10-28)20-25-8-12(2)26-20/h3-8,27,30H,9-10H2,1-2H3,(H,25,26). The van der Waals surface area contributed by atoms with Gasteiger partial charge < -0.3 is 20.3 Å². The minimum atomic E-state index is -1.35. The number of aliphatic hydroxyl groups is 1. The van der Waals surface area contributed by atoms with E-state index in [4.69, 9.17) is 0 Å². The van der Waals surface area contributed by atoms with Gasteiger partial charge in [0.1, 0.15) is 11.6 Å². The van der Waals surface area contributed by atoms with Crippen molar-refractivity contribution >= 4 is 17.3 Å². The molecule has 1 aliphatic heterocycles. The fourth-order valence-corrected chi connectivity index (χ4v) is 3.41. The first-order valence-electron chi connectivity index (χ1n) is 9.23. The minimum absolute atomic E-state index is 0.0733. The van der Waals surface area contributed by atoms with Crippen LogP contribution in [-0.4, -0.2) is 39.0 Å². The number of rotatable bonds is 4. The Labute approximate surface area is 170 Å². The van der Waals surface area contributed by atoms with Gasteiger partial charge >= 0.3 is 0 Å². The second-order valence-electron chi connectivity index (χ2n) is 7.50. The number of hydrogen-bond acceptors (Lipinski definition) is 4. The van der Waals surface area contributed by atoms with E-state index in [9.17, 15) is 23.1 Å². The number of aromatic nitrogens is 2. The topological polar surface area (TPSA) is 81.2 Å². The highest BCUT2D eigenvalue weighted by Gasteiger charge is 2.47. The van der Waals surface area contributed by atoms with Crippen molar-refractivity contribution in [1.29, 1.82) is 0 Å². The summed E-state index contributed by atoms with van der Waals surface area (Å²) in [5.41, 5.74) is -0.666. The molecule has 0 atom stereocenters. The second-order valence-corrected chi connectivity index (χ2v) is 7.50.